The monoisotopic (exact) mass is 522 g/mol. The number of ether oxygens (including phenoxy) is 2. The highest BCUT2D eigenvalue weighted by molar-refractivity contribution is 5.69. The van der Waals surface area contributed by atoms with Gasteiger partial charge in [-0.2, -0.15) is 0 Å². The molecule has 0 aromatic carbocycles. The van der Waals surface area contributed by atoms with Gasteiger partial charge in [-0.15, -0.1) is 0 Å². The lowest BCUT2D eigenvalue weighted by Gasteiger charge is -2.15. The van der Waals surface area contributed by atoms with Crippen molar-refractivity contribution in [2.75, 3.05) is 19.8 Å². The second kappa shape index (κ2) is 31.1. The topological polar surface area (TPSA) is 55.8 Å². The van der Waals surface area contributed by atoms with E-state index in [0.717, 1.165) is 38.5 Å². The van der Waals surface area contributed by atoms with E-state index in [1.165, 1.54) is 96.3 Å². The molecule has 0 aliphatic heterocycles. The zero-order chi connectivity index (χ0) is 27.1. The molecule has 0 aromatic rings. The van der Waals surface area contributed by atoms with Gasteiger partial charge in [0.15, 0.2) is 0 Å². The molecule has 0 radical (unpaired) electrons. The van der Waals surface area contributed by atoms with Crippen LogP contribution in [0, 0.1) is 0 Å². The van der Waals surface area contributed by atoms with E-state index in [9.17, 15) is 9.90 Å². The molecular formula is C33H62O4. The molecule has 0 saturated heterocycles. The summed E-state index contributed by atoms with van der Waals surface area (Å²) in [5.74, 6) is -0.216. The zero-order valence-corrected chi connectivity index (χ0v) is 24.7. The molecule has 4 heteroatoms. The molecule has 37 heavy (non-hydrogen) atoms. The highest BCUT2D eigenvalue weighted by atomic mass is 16.6. The standard InChI is InChI=1S/C33H62O4/c1-3-5-7-9-11-13-15-17-18-20-22-24-26-28-33(35)37-32(30-34)31-36-29-27-25-23-21-19-16-14-12-10-8-6-4-2/h7,9,13,15,32,34H,3-6,8,10-12,14,16-31H2,1-2H3/b9-7-,15-13-. The summed E-state index contributed by atoms with van der Waals surface area (Å²) < 4.78 is 11.0. The highest BCUT2D eigenvalue weighted by Gasteiger charge is 2.13. The number of allylic oxidation sites excluding steroid dienone is 4. The Balaban J connectivity index is 3.47. The first-order chi connectivity index (χ1) is 18.2. The SMILES string of the molecule is CCC/C=C\C/C=C\CCCCCCCC(=O)OC(CO)COCCCCCCCCCCCCCC. The maximum Gasteiger partial charge on any atom is 0.306 e. The summed E-state index contributed by atoms with van der Waals surface area (Å²) in [4.78, 5) is 12.1. The van der Waals surface area contributed by atoms with Gasteiger partial charge in [0.25, 0.3) is 0 Å². The number of carbonyl (C=O) groups excluding carboxylic acids is 1. The van der Waals surface area contributed by atoms with Crippen molar-refractivity contribution in [2.45, 2.75) is 161 Å². The molecule has 1 unspecified atom stereocenters. The summed E-state index contributed by atoms with van der Waals surface area (Å²) in [6.07, 6.45) is 34.8. The van der Waals surface area contributed by atoms with E-state index in [1.54, 1.807) is 0 Å². The fourth-order valence-electron chi connectivity index (χ4n) is 4.36. The lowest BCUT2D eigenvalue weighted by molar-refractivity contribution is -0.154. The molecule has 0 heterocycles. The molecular weight excluding hydrogens is 460 g/mol. The zero-order valence-electron chi connectivity index (χ0n) is 24.7. The van der Waals surface area contributed by atoms with Gasteiger partial charge < -0.3 is 14.6 Å². The van der Waals surface area contributed by atoms with Crippen molar-refractivity contribution in [2.24, 2.45) is 0 Å². The number of hydrogen-bond acceptors (Lipinski definition) is 4. The maximum absolute atomic E-state index is 12.1. The summed E-state index contributed by atoms with van der Waals surface area (Å²) in [6, 6.07) is 0. The predicted octanol–water partition coefficient (Wildman–Crippen LogP) is 9.64. The number of rotatable bonds is 29. The predicted molar refractivity (Wildman–Crippen MR) is 159 cm³/mol. The molecule has 4 nitrogen and oxygen atoms in total. The third-order valence-corrected chi connectivity index (χ3v) is 6.76. The van der Waals surface area contributed by atoms with E-state index in [0.29, 0.717) is 19.6 Å². The van der Waals surface area contributed by atoms with Gasteiger partial charge in [0.05, 0.1) is 13.2 Å². The molecule has 0 amide bonds. The van der Waals surface area contributed by atoms with E-state index in [-0.39, 0.29) is 12.6 Å². The van der Waals surface area contributed by atoms with Gasteiger partial charge in [0.2, 0.25) is 0 Å². The molecule has 0 aromatic heterocycles. The number of carbonyl (C=O) groups is 1. The second-order valence-corrected chi connectivity index (χ2v) is 10.5. The van der Waals surface area contributed by atoms with Crippen LogP contribution in [-0.2, 0) is 14.3 Å². The third kappa shape index (κ3) is 29.3. The smallest absolute Gasteiger partial charge is 0.306 e. The Labute approximate surface area is 230 Å². The van der Waals surface area contributed by atoms with Crippen LogP contribution in [0.5, 0.6) is 0 Å². The van der Waals surface area contributed by atoms with Crippen molar-refractivity contribution < 1.29 is 19.4 Å². The van der Waals surface area contributed by atoms with Crippen molar-refractivity contribution in [3.63, 3.8) is 0 Å². The molecule has 1 atom stereocenters. The average Bonchev–Trinajstić information content (AvgIpc) is 2.90. The van der Waals surface area contributed by atoms with Crippen LogP contribution in [0.4, 0.5) is 0 Å². The van der Waals surface area contributed by atoms with Gasteiger partial charge in [-0.05, 0) is 38.5 Å². The van der Waals surface area contributed by atoms with E-state index in [4.69, 9.17) is 9.47 Å². The van der Waals surface area contributed by atoms with E-state index < -0.39 is 6.10 Å². The van der Waals surface area contributed by atoms with E-state index >= 15 is 0 Å². The van der Waals surface area contributed by atoms with Gasteiger partial charge in [-0.1, -0.05) is 134 Å². The molecule has 0 aliphatic rings. The Kier molecular flexibility index (Phi) is 30.1. The molecule has 0 bridgehead atoms. The highest BCUT2D eigenvalue weighted by Crippen LogP contribution is 2.12. The first kappa shape index (κ1) is 35.9. The summed E-state index contributed by atoms with van der Waals surface area (Å²) in [5.41, 5.74) is 0. The van der Waals surface area contributed by atoms with Crippen LogP contribution in [-0.4, -0.2) is 37.0 Å². The molecule has 0 rings (SSSR count). The van der Waals surface area contributed by atoms with Crippen molar-refractivity contribution in [1.82, 2.24) is 0 Å². The van der Waals surface area contributed by atoms with Crippen molar-refractivity contribution in [3.8, 4) is 0 Å². The van der Waals surface area contributed by atoms with E-state index in [2.05, 4.69) is 38.2 Å². The fourth-order valence-corrected chi connectivity index (χ4v) is 4.36. The Morgan fingerprint density at radius 1 is 0.649 bits per heavy atom. The van der Waals surface area contributed by atoms with Crippen LogP contribution < -0.4 is 0 Å². The normalized spacial score (nSPS) is 12.6. The second-order valence-electron chi connectivity index (χ2n) is 10.5. The van der Waals surface area contributed by atoms with Crippen LogP contribution in [0.3, 0.4) is 0 Å². The third-order valence-electron chi connectivity index (χ3n) is 6.76. The lowest BCUT2D eigenvalue weighted by atomic mass is 10.1. The van der Waals surface area contributed by atoms with Crippen molar-refractivity contribution in [3.05, 3.63) is 24.3 Å². The van der Waals surface area contributed by atoms with E-state index in [1.807, 2.05) is 0 Å². The van der Waals surface area contributed by atoms with Crippen LogP contribution in [0.25, 0.3) is 0 Å². The molecule has 0 fully saturated rings. The summed E-state index contributed by atoms with van der Waals surface area (Å²) in [7, 11) is 0. The minimum atomic E-state index is -0.534. The first-order valence-corrected chi connectivity index (χ1v) is 15.9. The molecule has 1 N–H and O–H groups in total. The van der Waals surface area contributed by atoms with Gasteiger partial charge in [0.1, 0.15) is 6.10 Å². The minimum absolute atomic E-state index is 0.175. The lowest BCUT2D eigenvalue weighted by Crippen LogP contribution is -2.27. The number of aliphatic hydroxyl groups is 1. The number of aliphatic hydroxyl groups excluding tert-OH is 1. The summed E-state index contributed by atoms with van der Waals surface area (Å²) >= 11 is 0. The number of unbranched alkanes of at least 4 members (excludes halogenated alkanes) is 17. The Bertz CT molecular complexity index is 514. The first-order valence-electron chi connectivity index (χ1n) is 15.9. The molecule has 218 valence electrons. The molecule has 0 spiro atoms. The van der Waals surface area contributed by atoms with Crippen LogP contribution in [0.2, 0.25) is 0 Å². The fraction of sp³-hybridized carbons (Fsp3) is 0.848. The summed E-state index contributed by atoms with van der Waals surface area (Å²) in [5, 5.41) is 9.50. The van der Waals surface area contributed by atoms with Crippen molar-refractivity contribution >= 4 is 5.97 Å². The Hall–Kier alpha value is -1.13. The molecule has 0 aliphatic carbocycles. The average molecular weight is 523 g/mol. The number of esters is 1. The Morgan fingerprint density at radius 2 is 1.19 bits per heavy atom. The maximum atomic E-state index is 12.1. The quantitative estimate of drug-likeness (QED) is 0.0603. The van der Waals surface area contributed by atoms with Crippen LogP contribution in [0.15, 0.2) is 24.3 Å². The van der Waals surface area contributed by atoms with Crippen LogP contribution >= 0.6 is 0 Å². The van der Waals surface area contributed by atoms with Gasteiger partial charge >= 0.3 is 5.97 Å². The number of hydrogen-bond donors (Lipinski definition) is 1. The van der Waals surface area contributed by atoms with Gasteiger partial charge in [0, 0.05) is 13.0 Å². The minimum Gasteiger partial charge on any atom is -0.457 e. The van der Waals surface area contributed by atoms with Crippen LogP contribution in [0.1, 0.15) is 155 Å². The van der Waals surface area contributed by atoms with Gasteiger partial charge in [-0.3, -0.25) is 4.79 Å². The largest absolute Gasteiger partial charge is 0.457 e. The summed E-state index contributed by atoms with van der Waals surface area (Å²) in [6.45, 7) is 5.26. The van der Waals surface area contributed by atoms with Crippen molar-refractivity contribution in [1.29, 1.82) is 0 Å². The van der Waals surface area contributed by atoms with Gasteiger partial charge in [-0.25, -0.2) is 0 Å². The Morgan fingerprint density at radius 3 is 1.78 bits per heavy atom. The molecule has 0 saturated carbocycles.